The van der Waals surface area contributed by atoms with Gasteiger partial charge in [-0.3, -0.25) is 9.59 Å². The van der Waals surface area contributed by atoms with Crippen LogP contribution in [0.2, 0.25) is 0 Å². The van der Waals surface area contributed by atoms with Crippen molar-refractivity contribution in [3.05, 3.63) is 46.6 Å². The lowest BCUT2D eigenvalue weighted by atomic mass is 10.0. The van der Waals surface area contributed by atoms with Gasteiger partial charge in [-0.25, -0.2) is 4.98 Å². The van der Waals surface area contributed by atoms with E-state index in [1.54, 1.807) is 4.90 Å². The predicted molar refractivity (Wildman–Crippen MR) is 126 cm³/mol. The molecule has 1 aliphatic heterocycles. The van der Waals surface area contributed by atoms with Gasteiger partial charge in [0.25, 0.3) is 0 Å². The lowest BCUT2D eigenvalue weighted by Gasteiger charge is -2.31. The molecule has 0 bridgehead atoms. The zero-order chi connectivity index (χ0) is 24.1. The number of likely N-dealkylation sites (tertiary alicyclic amines) is 1. The Kier molecular flexibility index (Phi) is 5.44. The van der Waals surface area contributed by atoms with Gasteiger partial charge in [-0.2, -0.15) is 15.0 Å². The summed E-state index contributed by atoms with van der Waals surface area (Å²) in [7, 11) is 0. The molecule has 8 nitrogen and oxygen atoms in total. The SMILES string of the molecule is Cc1cc(C)c2nc(-n3ncc(C#N)c3NC(=O)C3CC(=O)N(C(C)(C)C)C3)cc(C)c2c1. The Balaban J connectivity index is 1.70. The van der Waals surface area contributed by atoms with Gasteiger partial charge in [0.2, 0.25) is 11.8 Å². The molecule has 1 aromatic carbocycles. The van der Waals surface area contributed by atoms with Crippen molar-refractivity contribution in [3.63, 3.8) is 0 Å². The van der Waals surface area contributed by atoms with Crippen molar-refractivity contribution >= 4 is 28.5 Å². The maximum atomic E-state index is 13.1. The van der Waals surface area contributed by atoms with Crippen LogP contribution in [0, 0.1) is 38.0 Å². The van der Waals surface area contributed by atoms with Crippen molar-refractivity contribution in [3.8, 4) is 11.9 Å². The van der Waals surface area contributed by atoms with Crippen LogP contribution in [0.4, 0.5) is 5.82 Å². The molecule has 170 valence electrons. The van der Waals surface area contributed by atoms with Crippen LogP contribution in [-0.4, -0.2) is 43.6 Å². The number of carbonyl (C=O) groups excluding carboxylic acids is 2. The number of hydrogen-bond donors (Lipinski definition) is 1. The number of benzene rings is 1. The molecule has 1 fully saturated rings. The number of nitrogens with zero attached hydrogens (tertiary/aromatic N) is 5. The number of anilines is 1. The molecule has 4 rings (SSSR count). The average molecular weight is 445 g/mol. The molecule has 3 aromatic rings. The Labute approximate surface area is 193 Å². The molecule has 1 saturated heterocycles. The maximum Gasteiger partial charge on any atom is 0.230 e. The highest BCUT2D eigenvalue weighted by molar-refractivity contribution is 5.98. The van der Waals surface area contributed by atoms with Crippen molar-refractivity contribution in [2.75, 3.05) is 11.9 Å². The topological polar surface area (TPSA) is 104 Å². The zero-order valence-electron chi connectivity index (χ0n) is 19.9. The summed E-state index contributed by atoms with van der Waals surface area (Å²) >= 11 is 0. The van der Waals surface area contributed by atoms with Crippen molar-refractivity contribution in [2.45, 2.75) is 53.5 Å². The summed E-state index contributed by atoms with van der Waals surface area (Å²) in [6, 6.07) is 8.15. The number of fused-ring (bicyclic) bond motifs is 1. The fraction of sp³-hybridized carbons (Fsp3) is 0.400. The fourth-order valence-corrected chi connectivity index (χ4v) is 4.41. The van der Waals surface area contributed by atoms with Gasteiger partial charge in [0.1, 0.15) is 11.6 Å². The van der Waals surface area contributed by atoms with Crippen molar-refractivity contribution in [2.24, 2.45) is 5.92 Å². The third kappa shape index (κ3) is 4.07. The van der Waals surface area contributed by atoms with E-state index in [0.717, 1.165) is 27.6 Å². The number of hydrogen-bond acceptors (Lipinski definition) is 5. The quantitative estimate of drug-likeness (QED) is 0.662. The van der Waals surface area contributed by atoms with Gasteiger partial charge in [0.15, 0.2) is 11.6 Å². The molecule has 33 heavy (non-hydrogen) atoms. The normalized spacial score (nSPS) is 16.3. The molecule has 8 heteroatoms. The molecule has 2 amide bonds. The Morgan fingerprint density at radius 1 is 1.18 bits per heavy atom. The van der Waals surface area contributed by atoms with Crippen LogP contribution in [0.5, 0.6) is 0 Å². The van der Waals surface area contributed by atoms with Crippen molar-refractivity contribution in [1.29, 1.82) is 5.26 Å². The summed E-state index contributed by atoms with van der Waals surface area (Å²) < 4.78 is 1.49. The van der Waals surface area contributed by atoms with Gasteiger partial charge in [0.05, 0.1) is 17.6 Å². The molecule has 1 unspecified atom stereocenters. The van der Waals surface area contributed by atoms with Gasteiger partial charge >= 0.3 is 0 Å². The van der Waals surface area contributed by atoms with E-state index in [2.05, 4.69) is 35.5 Å². The highest BCUT2D eigenvalue weighted by Gasteiger charge is 2.39. The number of nitriles is 1. The Hall–Kier alpha value is -3.73. The number of pyridine rings is 1. The monoisotopic (exact) mass is 444 g/mol. The van der Waals surface area contributed by atoms with E-state index in [4.69, 9.17) is 4.98 Å². The Bertz CT molecular complexity index is 1330. The summed E-state index contributed by atoms with van der Waals surface area (Å²) in [6.45, 7) is 12.3. The van der Waals surface area contributed by atoms with Gasteiger partial charge in [-0.05, 0) is 64.8 Å². The fourth-order valence-electron chi connectivity index (χ4n) is 4.41. The highest BCUT2D eigenvalue weighted by atomic mass is 16.2. The smallest absolute Gasteiger partial charge is 0.230 e. The second-order valence-corrected chi connectivity index (χ2v) is 9.77. The minimum atomic E-state index is -0.497. The number of amides is 2. The zero-order valence-corrected chi connectivity index (χ0v) is 19.9. The third-order valence-corrected chi connectivity index (χ3v) is 6.10. The van der Waals surface area contributed by atoms with E-state index in [1.807, 2.05) is 40.7 Å². The van der Waals surface area contributed by atoms with E-state index in [9.17, 15) is 14.9 Å². The van der Waals surface area contributed by atoms with Crippen molar-refractivity contribution < 1.29 is 9.59 Å². The molecule has 0 saturated carbocycles. The molecular formula is C25H28N6O2. The van der Waals surface area contributed by atoms with E-state index < -0.39 is 5.92 Å². The van der Waals surface area contributed by atoms with Crippen LogP contribution >= 0.6 is 0 Å². The third-order valence-electron chi connectivity index (χ3n) is 6.10. The second-order valence-electron chi connectivity index (χ2n) is 9.77. The molecule has 1 atom stereocenters. The summed E-state index contributed by atoms with van der Waals surface area (Å²) in [6.07, 6.45) is 1.56. The molecule has 0 aliphatic carbocycles. The second kappa shape index (κ2) is 8.00. The molecule has 3 heterocycles. The number of aromatic nitrogens is 3. The number of aryl methyl sites for hydroxylation is 3. The molecule has 2 aromatic heterocycles. The molecule has 0 spiro atoms. The van der Waals surface area contributed by atoms with Crippen molar-refractivity contribution in [1.82, 2.24) is 19.7 Å². The minimum Gasteiger partial charge on any atom is -0.337 e. The Morgan fingerprint density at radius 2 is 1.91 bits per heavy atom. The van der Waals surface area contributed by atoms with Crippen LogP contribution in [0.25, 0.3) is 16.7 Å². The number of rotatable bonds is 3. The van der Waals surface area contributed by atoms with E-state index in [-0.39, 0.29) is 35.2 Å². The van der Waals surface area contributed by atoms with Crippen LogP contribution in [0.1, 0.15) is 49.4 Å². The predicted octanol–water partition coefficient (Wildman–Crippen LogP) is 3.80. The van der Waals surface area contributed by atoms with Gasteiger partial charge in [-0.15, -0.1) is 0 Å². The molecular weight excluding hydrogens is 416 g/mol. The number of nitrogens with one attached hydrogen (secondary N) is 1. The van der Waals surface area contributed by atoms with Crippen LogP contribution < -0.4 is 5.32 Å². The van der Waals surface area contributed by atoms with Gasteiger partial charge in [0, 0.05) is 23.9 Å². The summed E-state index contributed by atoms with van der Waals surface area (Å²) in [5.41, 5.74) is 3.96. The van der Waals surface area contributed by atoms with E-state index in [0.29, 0.717) is 12.4 Å². The molecule has 1 N–H and O–H groups in total. The van der Waals surface area contributed by atoms with Crippen LogP contribution in [0.3, 0.4) is 0 Å². The highest BCUT2D eigenvalue weighted by Crippen LogP contribution is 2.29. The van der Waals surface area contributed by atoms with Crippen LogP contribution in [0.15, 0.2) is 24.4 Å². The molecule has 1 aliphatic rings. The average Bonchev–Trinajstić information content (AvgIpc) is 3.31. The largest absolute Gasteiger partial charge is 0.337 e. The maximum absolute atomic E-state index is 13.1. The summed E-state index contributed by atoms with van der Waals surface area (Å²) in [5.74, 6) is -0.0715. The minimum absolute atomic E-state index is 0.0470. The Morgan fingerprint density at radius 3 is 2.55 bits per heavy atom. The molecule has 0 radical (unpaired) electrons. The lowest BCUT2D eigenvalue weighted by Crippen LogP contribution is -2.42. The van der Waals surface area contributed by atoms with Crippen LogP contribution in [-0.2, 0) is 9.59 Å². The number of carbonyl (C=O) groups is 2. The first kappa shape index (κ1) is 22.5. The first-order valence-electron chi connectivity index (χ1n) is 11.0. The van der Waals surface area contributed by atoms with E-state index in [1.165, 1.54) is 10.9 Å². The lowest BCUT2D eigenvalue weighted by molar-refractivity contribution is -0.131. The van der Waals surface area contributed by atoms with Gasteiger partial charge < -0.3 is 10.2 Å². The first-order chi connectivity index (χ1) is 15.5. The van der Waals surface area contributed by atoms with Gasteiger partial charge in [-0.1, -0.05) is 11.6 Å². The summed E-state index contributed by atoms with van der Waals surface area (Å²) in [5, 5.41) is 17.9. The standard InChI is InChI=1S/C25H28N6O2/c1-14-7-16(3)22-19(8-14)15(2)9-20(28-22)31-23(18(11-26)12-27-31)29-24(33)17-10-21(32)30(13-17)25(4,5)6/h7-9,12,17H,10,13H2,1-6H3,(H,29,33). The van der Waals surface area contributed by atoms with E-state index >= 15 is 0 Å². The summed E-state index contributed by atoms with van der Waals surface area (Å²) in [4.78, 5) is 32.0. The first-order valence-corrected chi connectivity index (χ1v) is 11.0.